The Balaban J connectivity index is 1.83. The molecule has 1 aromatic rings. The number of halogens is 3. The second-order valence-corrected chi connectivity index (χ2v) is 4.55. The van der Waals surface area contributed by atoms with Crippen LogP contribution in [0.4, 0.5) is 13.2 Å². The summed E-state index contributed by atoms with van der Waals surface area (Å²) < 4.78 is 47.0. The van der Waals surface area contributed by atoms with Crippen molar-refractivity contribution >= 4 is 11.9 Å². The lowest BCUT2D eigenvalue weighted by molar-refractivity contribution is -0.164. The van der Waals surface area contributed by atoms with Crippen molar-refractivity contribution in [2.45, 2.75) is 19.2 Å². The first kappa shape index (κ1) is 16.1. The van der Waals surface area contributed by atoms with Crippen molar-refractivity contribution in [3.05, 3.63) is 23.9 Å². The fraction of sp³-hybridized carbons (Fsp3) is 0.462. The van der Waals surface area contributed by atoms with Crippen LogP contribution in [-0.4, -0.2) is 47.6 Å². The van der Waals surface area contributed by atoms with E-state index in [1.165, 1.54) is 4.90 Å². The summed E-state index contributed by atoms with van der Waals surface area (Å²) in [5, 5.41) is 0. The fourth-order valence-corrected chi connectivity index (χ4v) is 1.79. The van der Waals surface area contributed by atoms with Crippen LogP contribution in [0.1, 0.15) is 12.5 Å². The topological polar surface area (TPSA) is 68.7 Å². The Bertz CT molecular complexity index is 553. The lowest BCUT2D eigenvalue weighted by atomic mass is 10.1. The van der Waals surface area contributed by atoms with Crippen LogP contribution >= 0.6 is 0 Å². The molecule has 0 aliphatic carbocycles. The molecule has 0 unspecified atom stereocenters. The molecule has 22 heavy (non-hydrogen) atoms. The first-order valence-corrected chi connectivity index (χ1v) is 6.47. The van der Waals surface area contributed by atoms with Crippen LogP contribution in [0.2, 0.25) is 0 Å². The average Bonchev–Trinajstić information content (AvgIpc) is 2.41. The quantitative estimate of drug-likeness (QED) is 0.620. The van der Waals surface area contributed by atoms with E-state index in [4.69, 9.17) is 4.74 Å². The van der Waals surface area contributed by atoms with Crippen LogP contribution in [0, 0.1) is 0 Å². The van der Waals surface area contributed by atoms with Gasteiger partial charge in [0.2, 0.25) is 5.88 Å². The van der Waals surface area contributed by atoms with E-state index in [0.29, 0.717) is 6.20 Å². The lowest BCUT2D eigenvalue weighted by Crippen LogP contribution is -2.58. The van der Waals surface area contributed by atoms with E-state index >= 15 is 0 Å². The standard InChI is InChI=1S/C13H13F3N2O4/c1-2-21-12(20)11(19)18-6-9(7-18)22-10-4-3-8(5-17-10)13(14,15)16/h3-5,9H,2,6-7H2,1H3. The third-order valence-electron chi connectivity index (χ3n) is 2.94. The van der Waals surface area contributed by atoms with E-state index in [0.717, 1.165) is 12.1 Å². The number of likely N-dealkylation sites (tertiary alicyclic amines) is 1. The van der Waals surface area contributed by atoms with Gasteiger partial charge in [0.05, 0.1) is 25.3 Å². The van der Waals surface area contributed by atoms with E-state index in [2.05, 4.69) is 9.72 Å². The smallest absolute Gasteiger partial charge is 0.417 e. The summed E-state index contributed by atoms with van der Waals surface area (Å²) in [6.07, 6.45) is -4.19. The Morgan fingerprint density at radius 3 is 2.55 bits per heavy atom. The molecule has 2 rings (SSSR count). The predicted octanol–water partition coefficient (Wildman–Crippen LogP) is 1.25. The minimum atomic E-state index is -4.45. The largest absolute Gasteiger partial charge is 0.471 e. The summed E-state index contributed by atoms with van der Waals surface area (Å²) in [4.78, 5) is 27.5. The molecule has 0 saturated carbocycles. The van der Waals surface area contributed by atoms with Gasteiger partial charge in [0.15, 0.2) is 0 Å². The Morgan fingerprint density at radius 2 is 2.05 bits per heavy atom. The van der Waals surface area contributed by atoms with Gasteiger partial charge in [0, 0.05) is 12.3 Å². The van der Waals surface area contributed by atoms with E-state index in [1.54, 1.807) is 6.92 Å². The molecule has 120 valence electrons. The van der Waals surface area contributed by atoms with Crippen molar-refractivity contribution in [2.24, 2.45) is 0 Å². The molecule has 6 nitrogen and oxygen atoms in total. The zero-order valence-electron chi connectivity index (χ0n) is 11.6. The van der Waals surface area contributed by atoms with E-state index in [1.807, 2.05) is 0 Å². The first-order valence-electron chi connectivity index (χ1n) is 6.47. The van der Waals surface area contributed by atoms with E-state index in [-0.39, 0.29) is 25.6 Å². The van der Waals surface area contributed by atoms with Gasteiger partial charge in [-0.25, -0.2) is 9.78 Å². The molecule has 0 N–H and O–H groups in total. The van der Waals surface area contributed by atoms with Gasteiger partial charge in [-0.2, -0.15) is 13.2 Å². The monoisotopic (exact) mass is 318 g/mol. The van der Waals surface area contributed by atoms with Crippen molar-refractivity contribution in [3.63, 3.8) is 0 Å². The molecule has 1 saturated heterocycles. The molecule has 1 aromatic heterocycles. The summed E-state index contributed by atoms with van der Waals surface area (Å²) in [6.45, 7) is 2.00. The zero-order valence-corrected chi connectivity index (χ0v) is 11.6. The SMILES string of the molecule is CCOC(=O)C(=O)N1CC(Oc2ccc(C(F)(F)F)cn2)C1. The summed E-state index contributed by atoms with van der Waals surface area (Å²) in [5.41, 5.74) is -0.868. The highest BCUT2D eigenvalue weighted by molar-refractivity contribution is 6.32. The number of hydrogen-bond acceptors (Lipinski definition) is 5. The highest BCUT2D eigenvalue weighted by Gasteiger charge is 2.36. The summed E-state index contributed by atoms with van der Waals surface area (Å²) in [5.74, 6) is -1.67. The second kappa shape index (κ2) is 6.20. The molecule has 1 aliphatic heterocycles. The molecule has 0 spiro atoms. The van der Waals surface area contributed by atoms with E-state index < -0.39 is 29.7 Å². The molecule has 2 heterocycles. The Hall–Kier alpha value is -2.32. The predicted molar refractivity (Wildman–Crippen MR) is 66.9 cm³/mol. The number of carbonyl (C=O) groups is 2. The highest BCUT2D eigenvalue weighted by Crippen LogP contribution is 2.29. The highest BCUT2D eigenvalue weighted by atomic mass is 19.4. The Kier molecular flexibility index (Phi) is 4.53. The molecule has 1 amide bonds. The third-order valence-corrected chi connectivity index (χ3v) is 2.94. The Morgan fingerprint density at radius 1 is 1.36 bits per heavy atom. The van der Waals surface area contributed by atoms with Gasteiger partial charge in [0.25, 0.3) is 0 Å². The van der Waals surface area contributed by atoms with Gasteiger partial charge in [-0.05, 0) is 13.0 Å². The first-order chi connectivity index (χ1) is 10.3. The maximum Gasteiger partial charge on any atom is 0.417 e. The van der Waals surface area contributed by atoms with E-state index in [9.17, 15) is 22.8 Å². The molecule has 0 radical (unpaired) electrons. The lowest BCUT2D eigenvalue weighted by Gasteiger charge is -2.37. The number of carbonyl (C=O) groups excluding carboxylic acids is 2. The summed E-state index contributed by atoms with van der Waals surface area (Å²) in [6, 6.07) is 1.97. The normalized spacial score (nSPS) is 15.2. The molecule has 9 heteroatoms. The molecule has 0 aromatic carbocycles. The third kappa shape index (κ3) is 3.66. The minimum Gasteiger partial charge on any atom is -0.471 e. The van der Waals surface area contributed by atoms with Crippen LogP contribution in [0.5, 0.6) is 5.88 Å². The van der Waals surface area contributed by atoms with Crippen LogP contribution in [0.3, 0.4) is 0 Å². The van der Waals surface area contributed by atoms with Crippen molar-refractivity contribution in [1.29, 1.82) is 0 Å². The van der Waals surface area contributed by atoms with Crippen molar-refractivity contribution in [3.8, 4) is 5.88 Å². The van der Waals surface area contributed by atoms with Crippen LogP contribution < -0.4 is 4.74 Å². The van der Waals surface area contributed by atoms with Gasteiger partial charge < -0.3 is 14.4 Å². The van der Waals surface area contributed by atoms with Crippen LogP contribution in [0.15, 0.2) is 18.3 Å². The molecule has 1 aliphatic rings. The summed E-state index contributed by atoms with van der Waals surface area (Å²) in [7, 11) is 0. The molecular formula is C13H13F3N2O4. The van der Waals surface area contributed by atoms with Crippen molar-refractivity contribution in [1.82, 2.24) is 9.88 Å². The number of alkyl halides is 3. The maximum absolute atomic E-state index is 12.4. The van der Waals surface area contributed by atoms with Gasteiger partial charge in [-0.1, -0.05) is 0 Å². The summed E-state index contributed by atoms with van der Waals surface area (Å²) >= 11 is 0. The molecule has 0 bridgehead atoms. The van der Waals surface area contributed by atoms with Crippen LogP contribution in [-0.2, 0) is 20.5 Å². The number of aromatic nitrogens is 1. The average molecular weight is 318 g/mol. The van der Waals surface area contributed by atoms with Gasteiger partial charge >= 0.3 is 18.1 Å². The fourth-order valence-electron chi connectivity index (χ4n) is 1.79. The number of pyridine rings is 1. The van der Waals surface area contributed by atoms with Gasteiger partial charge in [-0.15, -0.1) is 0 Å². The number of amides is 1. The second-order valence-electron chi connectivity index (χ2n) is 4.55. The van der Waals surface area contributed by atoms with Crippen molar-refractivity contribution < 1.29 is 32.2 Å². The van der Waals surface area contributed by atoms with Gasteiger partial charge in [0.1, 0.15) is 6.10 Å². The molecule has 1 fully saturated rings. The number of ether oxygens (including phenoxy) is 2. The number of esters is 1. The number of hydrogen-bond donors (Lipinski definition) is 0. The van der Waals surface area contributed by atoms with Crippen LogP contribution in [0.25, 0.3) is 0 Å². The Labute approximate surface area is 123 Å². The molecule has 0 atom stereocenters. The van der Waals surface area contributed by atoms with Gasteiger partial charge in [-0.3, -0.25) is 4.79 Å². The number of rotatable bonds is 3. The maximum atomic E-state index is 12.4. The zero-order chi connectivity index (χ0) is 16.3. The molecular weight excluding hydrogens is 305 g/mol. The number of nitrogens with zero attached hydrogens (tertiary/aromatic N) is 2. The van der Waals surface area contributed by atoms with Crippen molar-refractivity contribution in [2.75, 3.05) is 19.7 Å². The minimum absolute atomic E-state index is 0.0289.